The second-order valence-electron chi connectivity index (χ2n) is 12.0. The van der Waals surface area contributed by atoms with Crippen LogP contribution in [-0.4, -0.2) is 19.3 Å². The van der Waals surface area contributed by atoms with Gasteiger partial charge in [0.1, 0.15) is 0 Å². The number of hydrogen-bond acceptors (Lipinski definition) is 3. The number of anilines is 3. The van der Waals surface area contributed by atoms with Crippen molar-refractivity contribution < 1.29 is 0 Å². The van der Waals surface area contributed by atoms with E-state index >= 15 is 0 Å². The van der Waals surface area contributed by atoms with Crippen molar-refractivity contribution in [2.24, 2.45) is 0 Å². The number of nitrogens with zero attached hydrogens (tertiary/aromatic N) is 5. The first kappa shape index (κ1) is 28.5. The summed E-state index contributed by atoms with van der Waals surface area (Å²) in [6.07, 6.45) is 0. The van der Waals surface area contributed by atoms with E-state index in [2.05, 4.69) is 171 Å². The first-order valence-electron chi connectivity index (χ1n) is 16.4. The summed E-state index contributed by atoms with van der Waals surface area (Å²) in [5.74, 6) is 1.59. The van der Waals surface area contributed by atoms with Crippen LogP contribution >= 0.6 is 0 Å². The summed E-state index contributed by atoms with van der Waals surface area (Å²) < 4.78 is 4.50. The minimum atomic E-state index is 0.788. The van der Waals surface area contributed by atoms with E-state index in [0.717, 1.165) is 51.2 Å². The molecule has 49 heavy (non-hydrogen) atoms. The molecule has 0 amide bonds. The fraction of sp³-hybridized carbons (Fsp3) is 0. The van der Waals surface area contributed by atoms with E-state index in [0.29, 0.717) is 0 Å². The largest absolute Gasteiger partial charge is 0.310 e. The molecule has 0 fully saturated rings. The van der Waals surface area contributed by atoms with Crippen molar-refractivity contribution in [2.45, 2.75) is 0 Å². The Kier molecular flexibility index (Phi) is 7.06. The summed E-state index contributed by atoms with van der Waals surface area (Å²) in [7, 11) is 0. The normalized spacial score (nSPS) is 11.3. The Labute approximate surface area is 284 Å². The van der Waals surface area contributed by atoms with E-state index in [9.17, 15) is 0 Å². The molecule has 7 aromatic carbocycles. The molecular weight excluding hydrogens is 599 g/mol. The molecule has 0 aliphatic carbocycles. The third kappa shape index (κ3) is 5.05. The standard InChI is InChI=1S/C44H31N5/c1-4-15-32(16-5-1)43-45-46-44(49(43)35-19-8-3-9-20-35)33-27-29-36(30-28-33)47(34-17-6-2-7-18-34)37-21-14-22-38(31-37)48-41-25-12-10-23-39(41)40-24-11-13-26-42(40)48/h1-31H. The quantitative estimate of drug-likeness (QED) is 0.176. The molecule has 9 rings (SSSR count). The minimum Gasteiger partial charge on any atom is -0.310 e. The molecule has 0 aliphatic heterocycles. The number of aromatic nitrogens is 4. The zero-order valence-corrected chi connectivity index (χ0v) is 26.6. The van der Waals surface area contributed by atoms with Gasteiger partial charge in [-0.05, 0) is 78.9 Å². The molecule has 0 spiro atoms. The molecule has 0 unspecified atom stereocenters. The van der Waals surface area contributed by atoms with E-state index in [-0.39, 0.29) is 0 Å². The van der Waals surface area contributed by atoms with Crippen molar-refractivity contribution in [3.63, 3.8) is 0 Å². The van der Waals surface area contributed by atoms with Crippen molar-refractivity contribution in [1.82, 2.24) is 19.3 Å². The zero-order chi connectivity index (χ0) is 32.6. The van der Waals surface area contributed by atoms with E-state index in [1.54, 1.807) is 0 Å². The Hall–Kier alpha value is -6.72. The first-order valence-corrected chi connectivity index (χ1v) is 16.4. The summed E-state index contributed by atoms with van der Waals surface area (Å²) in [4.78, 5) is 2.30. The molecule has 2 heterocycles. The Bertz CT molecular complexity index is 2480. The maximum absolute atomic E-state index is 4.72. The van der Waals surface area contributed by atoms with Gasteiger partial charge in [0.25, 0.3) is 0 Å². The highest BCUT2D eigenvalue weighted by Gasteiger charge is 2.19. The predicted molar refractivity (Wildman–Crippen MR) is 201 cm³/mol. The smallest absolute Gasteiger partial charge is 0.168 e. The second-order valence-corrected chi connectivity index (χ2v) is 12.0. The van der Waals surface area contributed by atoms with E-state index < -0.39 is 0 Å². The van der Waals surface area contributed by atoms with Gasteiger partial charge in [-0.25, -0.2) is 0 Å². The van der Waals surface area contributed by atoms with Crippen LogP contribution < -0.4 is 4.90 Å². The summed E-state index contributed by atoms with van der Waals surface area (Å²) in [6, 6.07) is 65.7. The third-order valence-electron chi connectivity index (χ3n) is 9.03. The fourth-order valence-electron chi connectivity index (χ4n) is 6.82. The molecule has 0 atom stereocenters. The minimum absolute atomic E-state index is 0.788. The van der Waals surface area contributed by atoms with Gasteiger partial charge in [-0.15, -0.1) is 10.2 Å². The van der Waals surface area contributed by atoms with Crippen molar-refractivity contribution in [2.75, 3.05) is 4.90 Å². The molecule has 5 heteroatoms. The topological polar surface area (TPSA) is 38.9 Å². The molecule has 9 aromatic rings. The Balaban J connectivity index is 1.16. The summed E-state index contributed by atoms with van der Waals surface area (Å²) in [6.45, 7) is 0. The molecular formula is C44H31N5. The van der Waals surface area contributed by atoms with Crippen LogP contribution in [0.2, 0.25) is 0 Å². The highest BCUT2D eigenvalue weighted by Crippen LogP contribution is 2.39. The van der Waals surface area contributed by atoms with Crippen LogP contribution in [0, 0.1) is 0 Å². The van der Waals surface area contributed by atoms with E-state index in [1.165, 1.54) is 21.8 Å². The SMILES string of the molecule is c1ccc(-c2nnc(-c3ccc(N(c4ccccc4)c4cccc(-n5c6ccccc6c6ccccc65)c4)cc3)n2-c2ccccc2)cc1. The molecule has 0 aliphatic rings. The molecule has 0 radical (unpaired) electrons. The highest BCUT2D eigenvalue weighted by molar-refractivity contribution is 6.09. The Morgan fingerprint density at radius 1 is 0.347 bits per heavy atom. The average molecular weight is 630 g/mol. The molecule has 0 bridgehead atoms. The Morgan fingerprint density at radius 2 is 0.816 bits per heavy atom. The number of fused-ring (bicyclic) bond motifs is 3. The van der Waals surface area contributed by atoms with E-state index in [1.807, 2.05) is 36.4 Å². The molecule has 0 saturated carbocycles. The lowest BCUT2D eigenvalue weighted by Gasteiger charge is -2.26. The van der Waals surface area contributed by atoms with E-state index in [4.69, 9.17) is 5.10 Å². The van der Waals surface area contributed by atoms with Crippen LogP contribution in [0.5, 0.6) is 0 Å². The number of hydrogen-bond donors (Lipinski definition) is 0. The first-order chi connectivity index (χ1) is 24.3. The molecule has 0 saturated heterocycles. The highest BCUT2D eigenvalue weighted by atomic mass is 15.3. The van der Waals surface area contributed by atoms with Gasteiger partial charge in [0, 0.05) is 50.3 Å². The molecule has 2 aromatic heterocycles. The molecule has 0 N–H and O–H groups in total. The lowest BCUT2D eigenvalue weighted by molar-refractivity contribution is 1.07. The lowest BCUT2D eigenvalue weighted by atomic mass is 10.1. The van der Waals surface area contributed by atoms with Crippen LogP contribution in [0.15, 0.2) is 188 Å². The van der Waals surface area contributed by atoms with Crippen molar-refractivity contribution >= 4 is 38.9 Å². The van der Waals surface area contributed by atoms with Crippen LogP contribution in [0.1, 0.15) is 0 Å². The van der Waals surface area contributed by atoms with Gasteiger partial charge < -0.3 is 9.47 Å². The van der Waals surface area contributed by atoms with Crippen molar-refractivity contribution in [3.8, 4) is 34.2 Å². The van der Waals surface area contributed by atoms with Crippen LogP contribution in [0.4, 0.5) is 17.1 Å². The van der Waals surface area contributed by atoms with Crippen molar-refractivity contribution in [3.05, 3.63) is 188 Å². The van der Waals surface area contributed by atoms with Gasteiger partial charge >= 0.3 is 0 Å². The lowest BCUT2D eigenvalue weighted by Crippen LogP contribution is -2.10. The van der Waals surface area contributed by atoms with Gasteiger partial charge in [0.15, 0.2) is 11.6 Å². The maximum atomic E-state index is 4.72. The second kappa shape index (κ2) is 12.1. The summed E-state index contributed by atoms with van der Waals surface area (Å²) >= 11 is 0. The average Bonchev–Trinajstić information content (AvgIpc) is 3.77. The van der Waals surface area contributed by atoms with Crippen molar-refractivity contribution in [1.29, 1.82) is 0 Å². The van der Waals surface area contributed by atoms with Gasteiger partial charge in [-0.2, -0.15) is 0 Å². The number of para-hydroxylation sites is 4. The van der Waals surface area contributed by atoms with Gasteiger partial charge in [0.05, 0.1) is 11.0 Å². The van der Waals surface area contributed by atoms with Gasteiger partial charge in [0.2, 0.25) is 0 Å². The number of rotatable bonds is 7. The molecule has 5 nitrogen and oxygen atoms in total. The van der Waals surface area contributed by atoms with Crippen LogP contribution in [-0.2, 0) is 0 Å². The molecule has 232 valence electrons. The Morgan fingerprint density at radius 3 is 1.45 bits per heavy atom. The summed E-state index contributed by atoms with van der Waals surface area (Å²) in [5, 5.41) is 11.9. The third-order valence-corrected chi connectivity index (χ3v) is 9.03. The fourth-order valence-corrected chi connectivity index (χ4v) is 6.82. The van der Waals surface area contributed by atoms with Crippen LogP contribution in [0.25, 0.3) is 56.0 Å². The van der Waals surface area contributed by atoms with Crippen LogP contribution in [0.3, 0.4) is 0 Å². The van der Waals surface area contributed by atoms with Gasteiger partial charge in [-0.1, -0.05) is 109 Å². The maximum Gasteiger partial charge on any atom is 0.168 e. The summed E-state index contributed by atoms with van der Waals surface area (Å²) in [5.41, 5.74) is 9.68. The monoisotopic (exact) mass is 629 g/mol. The zero-order valence-electron chi connectivity index (χ0n) is 26.6. The van der Waals surface area contributed by atoms with Gasteiger partial charge in [-0.3, -0.25) is 4.57 Å². The predicted octanol–water partition coefficient (Wildman–Crippen LogP) is 11.2. The number of benzene rings is 7.